The average Bonchev–Trinajstić information content (AvgIpc) is 2.64. The highest BCUT2D eigenvalue weighted by atomic mass is 35.5. The van der Waals surface area contributed by atoms with Gasteiger partial charge in [-0.2, -0.15) is 5.26 Å². The van der Waals surface area contributed by atoms with Crippen molar-refractivity contribution in [3.63, 3.8) is 0 Å². The van der Waals surface area contributed by atoms with Gasteiger partial charge in [0.25, 0.3) is 0 Å². The molecule has 26 heavy (non-hydrogen) atoms. The van der Waals surface area contributed by atoms with Crippen LogP contribution in [0.25, 0.3) is 10.9 Å². The highest BCUT2D eigenvalue weighted by molar-refractivity contribution is 7.98. The number of nitriles is 1. The minimum Gasteiger partial charge on any atom is -0.381 e. The summed E-state index contributed by atoms with van der Waals surface area (Å²) in [5.74, 6) is 0. The lowest BCUT2D eigenvalue weighted by Gasteiger charge is -2.22. The first-order chi connectivity index (χ1) is 12.5. The van der Waals surface area contributed by atoms with E-state index in [0.717, 1.165) is 54.1 Å². The van der Waals surface area contributed by atoms with Crippen molar-refractivity contribution in [1.82, 2.24) is 9.88 Å². The van der Waals surface area contributed by atoms with Crippen LogP contribution in [0.5, 0.6) is 0 Å². The Morgan fingerprint density at radius 1 is 1.35 bits per heavy atom. The highest BCUT2D eigenvalue weighted by Gasteiger charge is 2.16. The molecule has 140 valence electrons. The molecule has 0 spiro atoms. The van der Waals surface area contributed by atoms with Gasteiger partial charge in [0.05, 0.1) is 11.2 Å². The van der Waals surface area contributed by atoms with Crippen molar-refractivity contribution in [2.45, 2.75) is 44.7 Å². The third-order valence-electron chi connectivity index (χ3n) is 4.62. The molecule has 0 aliphatic carbocycles. The largest absolute Gasteiger partial charge is 0.381 e. The van der Waals surface area contributed by atoms with E-state index in [9.17, 15) is 5.26 Å². The van der Waals surface area contributed by atoms with Crippen molar-refractivity contribution < 1.29 is 0 Å². The van der Waals surface area contributed by atoms with Gasteiger partial charge in [-0.1, -0.05) is 25.4 Å². The Labute approximate surface area is 165 Å². The molecule has 0 fully saturated rings. The van der Waals surface area contributed by atoms with E-state index in [4.69, 9.17) is 11.6 Å². The van der Waals surface area contributed by atoms with Crippen molar-refractivity contribution in [2.75, 3.05) is 31.2 Å². The SMILES string of the molecule is CCN(CC)CCC[C@H](C)Nc1c(C#N)c(SC)nc2cc(Cl)ccc12. The normalized spacial score (nSPS) is 12.3. The van der Waals surface area contributed by atoms with Crippen LogP contribution in [-0.4, -0.2) is 41.8 Å². The maximum Gasteiger partial charge on any atom is 0.116 e. The topological polar surface area (TPSA) is 52.0 Å². The van der Waals surface area contributed by atoms with Crippen LogP contribution in [0.1, 0.15) is 39.2 Å². The number of fused-ring (bicyclic) bond motifs is 1. The summed E-state index contributed by atoms with van der Waals surface area (Å²) in [7, 11) is 0. The lowest BCUT2D eigenvalue weighted by Crippen LogP contribution is -2.25. The number of halogens is 1. The quantitative estimate of drug-likeness (QED) is 0.580. The average molecular weight is 391 g/mol. The fourth-order valence-corrected chi connectivity index (χ4v) is 3.80. The van der Waals surface area contributed by atoms with Crippen LogP contribution in [-0.2, 0) is 0 Å². The number of nitrogens with zero attached hydrogens (tertiary/aromatic N) is 3. The smallest absolute Gasteiger partial charge is 0.116 e. The predicted molar refractivity (Wildman–Crippen MR) is 113 cm³/mol. The molecule has 1 N–H and O–H groups in total. The first-order valence-corrected chi connectivity index (χ1v) is 10.7. The molecule has 0 aliphatic rings. The molecular formula is C20H27ClN4S. The number of nitrogens with one attached hydrogen (secondary N) is 1. The van der Waals surface area contributed by atoms with Gasteiger partial charge in [0.1, 0.15) is 16.7 Å². The minimum absolute atomic E-state index is 0.272. The van der Waals surface area contributed by atoms with Gasteiger partial charge >= 0.3 is 0 Å². The summed E-state index contributed by atoms with van der Waals surface area (Å²) in [4.78, 5) is 7.04. The Balaban J connectivity index is 2.25. The zero-order chi connectivity index (χ0) is 19.1. The van der Waals surface area contributed by atoms with Gasteiger partial charge in [0.2, 0.25) is 0 Å². The number of anilines is 1. The Morgan fingerprint density at radius 3 is 2.69 bits per heavy atom. The van der Waals surface area contributed by atoms with Gasteiger partial charge in [-0.25, -0.2) is 4.98 Å². The van der Waals surface area contributed by atoms with Crippen LogP contribution < -0.4 is 5.32 Å². The number of pyridine rings is 1. The number of aromatic nitrogens is 1. The van der Waals surface area contributed by atoms with Crippen molar-refractivity contribution in [3.8, 4) is 6.07 Å². The lowest BCUT2D eigenvalue weighted by atomic mass is 10.1. The minimum atomic E-state index is 0.272. The first-order valence-electron chi connectivity index (χ1n) is 9.10. The third kappa shape index (κ3) is 5.03. The predicted octanol–water partition coefficient (Wildman–Crippen LogP) is 5.40. The molecule has 1 atom stereocenters. The number of benzene rings is 1. The van der Waals surface area contributed by atoms with Crippen LogP contribution in [0.15, 0.2) is 23.2 Å². The zero-order valence-electron chi connectivity index (χ0n) is 16.0. The van der Waals surface area contributed by atoms with Crippen LogP contribution in [0.4, 0.5) is 5.69 Å². The summed E-state index contributed by atoms with van der Waals surface area (Å²) in [5, 5.41) is 15.6. The molecule has 2 rings (SSSR count). The molecule has 6 heteroatoms. The fraction of sp³-hybridized carbons (Fsp3) is 0.500. The van der Waals surface area contributed by atoms with Crippen molar-refractivity contribution in [1.29, 1.82) is 5.26 Å². The molecule has 0 saturated carbocycles. The van der Waals surface area contributed by atoms with Crippen LogP contribution >= 0.6 is 23.4 Å². The monoisotopic (exact) mass is 390 g/mol. The van der Waals surface area contributed by atoms with Crippen molar-refractivity contribution in [3.05, 3.63) is 28.8 Å². The maximum atomic E-state index is 9.69. The summed E-state index contributed by atoms with van der Waals surface area (Å²) in [5.41, 5.74) is 2.30. The highest BCUT2D eigenvalue weighted by Crippen LogP contribution is 2.34. The van der Waals surface area contributed by atoms with Gasteiger partial charge in [0, 0.05) is 16.5 Å². The molecule has 0 radical (unpaired) electrons. The molecule has 1 heterocycles. The molecule has 4 nitrogen and oxygen atoms in total. The van der Waals surface area contributed by atoms with Gasteiger partial charge in [-0.15, -0.1) is 11.8 Å². The van der Waals surface area contributed by atoms with Crippen molar-refractivity contribution >= 4 is 40.0 Å². The summed E-state index contributed by atoms with van der Waals surface area (Å²) in [6.45, 7) is 9.84. The lowest BCUT2D eigenvalue weighted by molar-refractivity contribution is 0.295. The van der Waals surface area contributed by atoms with Gasteiger partial charge < -0.3 is 10.2 Å². The summed E-state index contributed by atoms with van der Waals surface area (Å²) >= 11 is 7.62. The standard InChI is InChI=1S/C20H27ClN4S/c1-5-25(6-2)11-7-8-14(3)23-19-16-10-9-15(21)12-18(16)24-20(26-4)17(19)13-22/h9-10,12,14H,5-8,11H2,1-4H3,(H,23,24)/t14-/m0/s1. The Bertz CT molecular complexity index is 783. The van der Waals surface area contributed by atoms with E-state index in [1.54, 1.807) is 0 Å². The summed E-state index contributed by atoms with van der Waals surface area (Å²) < 4.78 is 0. The van der Waals surface area contributed by atoms with Crippen LogP contribution in [0.2, 0.25) is 5.02 Å². The molecule has 0 amide bonds. The summed E-state index contributed by atoms with van der Waals surface area (Å²) in [6.07, 6.45) is 4.12. The fourth-order valence-electron chi connectivity index (χ4n) is 3.10. The second kappa shape index (κ2) is 10.0. The number of hydrogen-bond acceptors (Lipinski definition) is 5. The van der Waals surface area contributed by atoms with Crippen molar-refractivity contribution in [2.24, 2.45) is 0 Å². The number of hydrogen-bond donors (Lipinski definition) is 1. The Kier molecular flexibility index (Phi) is 8.02. The number of rotatable bonds is 9. The molecule has 0 saturated heterocycles. The Morgan fingerprint density at radius 2 is 2.08 bits per heavy atom. The first kappa shape index (κ1) is 20.8. The van der Waals surface area contributed by atoms with Crippen LogP contribution in [0.3, 0.4) is 0 Å². The van der Waals surface area contributed by atoms with Gasteiger partial charge in [0.15, 0.2) is 0 Å². The van der Waals surface area contributed by atoms with E-state index >= 15 is 0 Å². The maximum absolute atomic E-state index is 9.69. The van der Waals surface area contributed by atoms with Crippen LogP contribution in [0, 0.1) is 11.3 Å². The molecule has 0 aliphatic heterocycles. The molecular weight excluding hydrogens is 364 g/mol. The molecule has 1 aromatic heterocycles. The second-order valence-electron chi connectivity index (χ2n) is 6.36. The molecule has 0 unspecified atom stereocenters. The van der Waals surface area contributed by atoms with Gasteiger partial charge in [-0.3, -0.25) is 0 Å². The van der Waals surface area contributed by atoms with E-state index < -0.39 is 0 Å². The molecule has 0 bridgehead atoms. The zero-order valence-corrected chi connectivity index (χ0v) is 17.5. The molecule has 2 aromatic rings. The van der Waals surface area contributed by atoms with E-state index in [2.05, 4.69) is 42.0 Å². The second-order valence-corrected chi connectivity index (χ2v) is 7.59. The Hall–Kier alpha value is -1.48. The van der Waals surface area contributed by atoms with E-state index in [-0.39, 0.29) is 6.04 Å². The van der Waals surface area contributed by atoms with E-state index in [1.165, 1.54) is 11.8 Å². The van der Waals surface area contributed by atoms with E-state index in [1.807, 2.05) is 24.5 Å². The van der Waals surface area contributed by atoms with Gasteiger partial charge in [-0.05, 0) is 63.9 Å². The number of thioether (sulfide) groups is 1. The molecule has 1 aromatic carbocycles. The van der Waals surface area contributed by atoms with E-state index in [0.29, 0.717) is 10.6 Å². The summed E-state index contributed by atoms with van der Waals surface area (Å²) in [6, 6.07) is 8.25. The third-order valence-corrected chi connectivity index (χ3v) is 5.53.